The average molecular weight is 581 g/mol. The Labute approximate surface area is 238 Å². The van der Waals surface area contributed by atoms with Gasteiger partial charge in [-0.3, -0.25) is 14.4 Å². The van der Waals surface area contributed by atoms with Gasteiger partial charge in [-0.15, -0.1) is 0 Å². The standard InChI is InChI=1S/C27H35Cl2N5O3S/c1-18-14-22(28)31-26(29)25(18)27(37)30-9-5-19(2)32-11-6-21(7-12-32)34(15-20-8-13-38-17-20)24(36)16-33-10-3-4-23(33)35/h8,13-14,17,19,21H,3-7,9-12,15-16H2,1-2H3,(H,30,37). The summed E-state index contributed by atoms with van der Waals surface area (Å²) in [6.45, 7) is 7.65. The highest BCUT2D eigenvalue weighted by Gasteiger charge is 2.32. The fourth-order valence-electron chi connectivity index (χ4n) is 5.30. The van der Waals surface area contributed by atoms with Gasteiger partial charge in [-0.25, -0.2) is 4.98 Å². The summed E-state index contributed by atoms with van der Waals surface area (Å²) in [7, 11) is 0. The highest BCUT2D eigenvalue weighted by molar-refractivity contribution is 7.07. The second kappa shape index (κ2) is 13.2. The SMILES string of the molecule is Cc1cc(Cl)nc(Cl)c1C(=O)NCCC(C)N1CCC(N(Cc2ccsc2)C(=O)CN2CCCC2=O)CC1. The van der Waals surface area contributed by atoms with Crippen LogP contribution in [0.1, 0.15) is 60.5 Å². The van der Waals surface area contributed by atoms with Crippen molar-refractivity contribution in [1.82, 2.24) is 25.0 Å². The molecule has 4 rings (SSSR count). The molecule has 2 fully saturated rings. The van der Waals surface area contributed by atoms with Gasteiger partial charge in [0.25, 0.3) is 5.91 Å². The van der Waals surface area contributed by atoms with Gasteiger partial charge in [-0.05, 0) is 73.6 Å². The smallest absolute Gasteiger partial charge is 0.254 e. The molecule has 0 aliphatic carbocycles. The Morgan fingerprint density at radius 2 is 2.03 bits per heavy atom. The number of pyridine rings is 1. The lowest BCUT2D eigenvalue weighted by Crippen LogP contribution is -2.51. The molecule has 3 amide bonds. The predicted octanol–water partition coefficient (Wildman–Crippen LogP) is 4.38. The summed E-state index contributed by atoms with van der Waals surface area (Å²) in [6, 6.07) is 4.11. The number of halogens is 2. The molecule has 0 saturated carbocycles. The minimum Gasteiger partial charge on any atom is -0.352 e. The van der Waals surface area contributed by atoms with Crippen LogP contribution in [0.25, 0.3) is 0 Å². The van der Waals surface area contributed by atoms with Gasteiger partial charge in [-0.1, -0.05) is 23.2 Å². The third kappa shape index (κ3) is 7.25. The minimum absolute atomic E-state index is 0.0336. The Balaban J connectivity index is 1.28. The molecule has 2 aliphatic rings. The van der Waals surface area contributed by atoms with Crippen LogP contribution in [0.4, 0.5) is 0 Å². The fourth-order valence-corrected chi connectivity index (χ4v) is 6.57. The molecule has 0 spiro atoms. The summed E-state index contributed by atoms with van der Waals surface area (Å²) in [5.41, 5.74) is 2.18. The van der Waals surface area contributed by atoms with Crippen LogP contribution in [-0.2, 0) is 16.1 Å². The predicted molar refractivity (Wildman–Crippen MR) is 151 cm³/mol. The van der Waals surface area contributed by atoms with Gasteiger partial charge in [-0.2, -0.15) is 11.3 Å². The molecule has 206 valence electrons. The van der Waals surface area contributed by atoms with Crippen molar-refractivity contribution in [2.45, 2.75) is 64.6 Å². The van der Waals surface area contributed by atoms with Gasteiger partial charge in [0.2, 0.25) is 11.8 Å². The largest absolute Gasteiger partial charge is 0.352 e. The van der Waals surface area contributed by atoms with Crippen LogP contribution in [0.2, 0.25) is 10.3 Å². The number of aromatic nitrogens is 1. The summed E-state index contributed by atoms with van der Waals surface area (Å²) in [5, 5.41) is 7.45. The molecular weight excluding hydrogens is 545 g/mol. The molecule has 38 heavy (non-hydrogen) atoms. The minimum atomic E-state index is -0.248. The van der Waals surface area contributed by atoms with Crippen LogP contribution in [-0.4, -0.2) is 82.2 Å². The molecule has 0 aromatic carbocycles. The van der Waals surface area contributed by atoms with Crippen LogP contribution in [0, 0.1) is 6.92 Å². The number of piperidine rings is 1. The number of rotatable bonds is 10. The van der Waals surface area contributed by atoms with E-state index < -0.39 is 0 Å². The number of nitrogens with one attached hydrogen (secondary N) is 1. The summed E-state index contributed by atoms with van der Waals surface area (Å²) in [6.07, 6.45) is 3.93. The Morgan fingerprint density at radius 1 is 1.26 bits per heavy atom. The molecule has 11 heteroatoms. The number of amides is 3. The molecule has 2 saturated heterocycles. The van der Waals surface area contributed by atoms with E-state index in [1.54, 1.807) is 29.2 Å². The first-order valence-electron chi connectivity index (χ1n) is 13.2. The lowest BCUT2D eigenvalue weighted by molar-refractivity contribution is -0.141. The first kappa shape index (κ1) is 28.8. The monoisotopic (exact) mass is 579 g/mol. The number of carbonyl (C=O) groups excluding carboxylic acids is 3. The van der Waals surface area contributed by atoms with E-state index in [0.717, 1.165) is 44.3 Å². The molecule has 2 aromatic heterocycles. The van der Waals surface area contributed by atoms with E-state index in [-0.39, 0.29) is 46.7 Å². The summed E-state index contributed by atoms with van der Waals surface area (Å²) < 4.78 is 0. The van der Waals surface area contributed by atoms with Crippen molar-refractivity contribution >= 4 is 52.3 Å². The molecule has 2 aliphatic heterocycles. The number of likely N-dealkylation sites (tertiary alicyclic amines) is 2. The fraction of sp³-hybridized carbons (Fsp3) is 0.556. The van der Waals surface area contributed by atoms with E-state index in [9.17, 15) is 14.4 Å². The highest BCUT2D eigenvalue weighted by atomic mass is 35.5. The van der Waals surface area contributed by atoms with E-state index in [1.807, 2.05) is 10.3 Å². The van der Waals surface area contributed by atoms with Crippen molar-refractivity contribution in [1.29, 1.82) is 0 Å². The molecule has 0 radical (unpaired) electrons. The van der Waals surface area contributed by atoms with Crippen LogP contribution >= 0.6 is 34.5 Å². The van der Waals surface area contributed by atoms with Gasteiger partial charge in [0.15, 0.2) is 0 Å². The molecular formula is C27H35Cl2N5O3S. The second-order valence-corrected chi connectivity index (χ2v) is 11.7. The summed E-state index contributed by atoms with van der Waals surface area (Å²) in [4.78, 5) is 48.2. The Bertz CT molecular complexity index is 1110. The van der Waals surface area contributed by atoms with E-state index in [1.165, 1.54) is 0 Å². The molecule has 8 nitrogen and oxygen atoms in total. The third-order valence-corrected chi connectivity index (χ3v) is 8.73. The van der Waals surface area contributed by atoms with Gasteiger partial charge < -0.3 is 20.0 Å². The zero-order chi connectivity index (χ0) is 27.2. The molecule has 1 atom stereocenters. The Morgan fingerprint density at radius 3 is 2.66 bits per heavy atom. The zero-order valence-corrected chi connectivity index (χ0v) is 24.2. The second-order valence-electron chi connectivity index (χ2n) is 10.2. The maximum atomic E-state index is 13.3. The van der Waals surface area contributed by atoms with E-state index in [2.05, 4.69) is 33.6 Å². The van der Waals surface area contributed by atoms with E-state index in [4.69, 9.17) is 23.2 Å². The lowest BCUT2D eigenvalue weighted by atomic mass is 10.00. The maximum Gasteiger partial charge on any atom is 0.254 e. The van der Waals surface area contributed by atoms with Crippen molar-refractivity contribution < 1.29 is 14.4 Å². The quantitative estimate of drug-likeness (QED) is 0.422. The van der Waals surface area contributed by atoms with Gasteiger partial charge in [0, 0.05) is 51.2 Å². The Hall–Kier alpha value is -2.20. The third-order valence-electron chi connectivity index (χ3n) is 7.53. The highest BCUT2D eigenvalue weighted by Crippen LogP contribution is 2.24. The van der Waals surface area contributed by atoms with Crippen molar-refractivity contribution in [2.24, 2.45) is 0 Å². The van der Waals surface area contributed by atoms with Gasteiger partial charge in [0.05, 0.1) is 12.1 Å². The number of aryl methyl sites for hydroxylation is 1. The summed E-state index contributed by atoms with van der Waals surface area (Å²) in [5.74, 6) is -0.137. The normalized spacial score (nSPS) is 17.6. The first-order valence-corrected chi connectivity index (χ1v) is 14.9. The van der Waals surface area contributed by atoms with Crippen LogP contribution < -0.4 is 5.32 Å². The maximum absolute atomic E-state index is 13.3. The zero-order valence-electron chi connectivity index (χ0n) is 21.9. The molecule has 1 N–H and O–H groups in total. The van der Waals surface area contributed by atoms with Crippen molar-refractivity contribution in [2.75, 3.05) is 32.7 Å². The number of carbonyl (C=O) groups is 3. The van der Waals surface area contributed by atoms with Crippen LogP contribution in [0.5, 0.6) is 0 Å². The molecule has 0 bridgehead atoms. The first-order chi connectivity index (χ1) is 18.2. The molecule has 1 unspecified atom stereocenters. The number of thiophene rings is 1. The van der Waals surface area contributed by atoms with Gasteiger partial charge in [0.1, 0.15) is 10.3 Å². The number of nitrogens with zero attached hydrogens (tertiary/aromatic N) is 4. The number of hydrogen-bond donors (Lipinski definition) is 1. The van der Waals surface area contributed by atoms with E-state index >= 15 is 0 Å². The van der Waals surface area contributed by atoms with Crippen molar-refractivity contribution in [3.8, 4) is 0 Å². The Kier molecular flexibility index (Phi) is 10.0. The van der Waals surface area contributed by atoms with Gasteiger partial charge >= 0.3 is 0 Å². The van der Waals surface area contributed by atoms with Crippen LogP contribution in [0.3, 0.4) is 0 Å². The number of hydrogen-bond acceptors (Lipinski definition) is 6. The molecule has 2 aromatic rings. The average Bonchev–Trinajstić information content (AvgIpc) is 3.53. The lowest BCUT2D eigenvalue weighted by Gasteiger charge is -2.41. The van der Waals surface area contributed by atoms with Crippen molar-refractivity contribution in [3.05, 3.63) is 49.9 Å². The topological polar surface area (TPSA) is 85.8 Å². The summed E-state index contributed by atoms with van der Waals surface area (Å²) >= 11 is 13.7. The van der Waals surface area contributed by atoms with Crippen LogP contribution in [0.15, 0.2) is 22.9 Å². The van der Waals surface area contributed by atoms with E-state index in [0.29, 0.717) is 37.2 Å². The van der Waals surface area contributed by atoms with Crippen molar-refractivity contribution in [3.63, 3.8) is 0 Å². The molecule has 4 heterocycles.